The highest BCUT2D eigenvalue weighted by molar-refractivity contribution is 7.89. The van der Waals surface area contributed by atoms with E-state index in [-0.39, 0.29) is 28.7 Å². The lowest BCUT2D eigenvalue weighted by Gasteiger charge is -2.34. The molecule has 162 valence electrons. The summed E-state index contributed by atoms with van der Waals surface area (Å²) in [4.78, 5) is 24.5. The third kappa shape index (κ3) is 5.48. The van der Waals surface area contributed by atoms with Crippen molar-refractivity contribution in [1.82, 2.24) is 9.62 Å². The van der Waals surface area contributed by atoms with Gasteiger partial charge >= 0.3 is 11.8 Å². The number of nitrogens with zero attached hydrogens (tertiary/aromatic N) is 2. The number of anilines is 1. The van der Waals surface area contributed by atoms with Crippen molar-refractivity contribution in [2.75, 3.05) is 18.4 Å². The highest BCUT2D eigenvalue weighted by Crippen LogP contribution is 2.26. The molecular weight excluding hydrogens is 416 g/mol. The molecule has 2 amide bonds. The standard InChI is InChI=1S/C22H24N4O4S/c23-16-17-8-4-5-12-20(17)25-22(28)21(27)24-14-13-18-9-6-7-15-26(18)31(29,30)19-10-2-1-3-11-19/h1-5,8,10-12,18H,6-7,9,13-15H2,(H,24,27)(H,25,28)/t18-/m0/s1. The van der Waals surface area contributed by atoms with Crippen molar-refractivity contribution in [2.45, 2.75) is 36.6 Å². The Labute approximate surface area is 181 Å². The molecule has 1 fully saturated rings. The fourth-order valence-corrected chi connectivity index (χ4v) is 5.35. The zero-order valence-electron chi connectivity index (χ0n) is 17.0. The maximum absolute atomic E-state index is 13.0. The van der Waals surface area contributed by atoms with E-state index in [9.17, 15) is 18.0 Å². The van der Waals surface area contributed by atoms with Gasteiger partial charge in [0.05, 0.1) is 16.1 Å². The van der Waals surface area contributed by atoms with Crippen molar-refractivity contribution >= 4 is 27.5 Å². The summed E-state index contributed by atoms with van der Waals surface area (Å²) >= 11 is 0. The Bertz CT molecular complexity index is 1080. The fourth-order valence-electron chi connectivity index (χ4n) is 3.61. The van der Waals surface area contributed by atoms with Gasteiger partial charge in [0.25, 0.3) is 0 Å². The molecule has 8 nitrogen and oxygen atoms in total. The molecule has 1 aliphatic rings. The van der Waals surface area contributed by atoms with Crippen molar-refractivity contribution in [1.29, 1.82) is 5.26 Å². The van der Waals surface area contributed by atoms with Gasteiger partial charge in [0, 0.05) is 19.1 Å². The largest absolute Gasteiger partial charge is 0.348 e. The summed E-state index contributed by atoms with van der Waals surface area (Å²) in [7, 11) is -3.62. The van der Waals surface area contributed by atoms with Crippen molar-refractivity contribution < 1.29 is 18.0 Å². The Morgan fingerprint density at radius 2 is 1.74 bits per heavy atom. The average Bonchev–Trinajstić information content (AvgIpc) is 2.80. The molecule has 0 aliphatic carbocycles. The number of sulfonamides is 1. The molecule has 1 atom stereocenters. The van der Waals surface area contributed by atoms with E-state index in [0.717, 1.165) is 12.8 Å². The number of amides is 2. The van der Waals surface area contributed by atoms with Crippen LogP contribution in [0, 0.1) is 11.3 Å². The minimum atomic E-state index is -3.62. The van der Waals surface area contributed by atoms with Gasteiger partial charge < -0.3 is 10.6 Å². The molecule has 3 rings (SSSR count). The molecule has 2 aromatic rings. The van der Waals surface area contributed by atoms with Gasteiger partial charge in [-0.25, -0.2) is 8.42 Å². The number of nitriles is 1. The van der Waals surface area contributed by atoms with Gasteiger partial charge in [-0.05, 0) is 43.5 Å². The lowest BCUT2D eigenvalue weighted by Crippen LogP contribution is -2.45. The molecule has 1 aliphatic heterocycles. The van der Waals surface area contributed by atoms with Gasteiger partial charge in [0.2, 0.25) is 10.0 Å². The minimum absolute atomic E-state index is 0.164. The van der Waals surface area contributed by atoms with E-state index in [1.165, 1.54) is 10.4 Å². The van der Waals surface area contributed by atoms with Crippen LogP contribution in [-0.2, 0) is 19.6 Å². The number of hydrogen-bond acceptors (Lipinski definition) is 5. The van der Waals surface area contributed by atoms with Gasteiger partial charge in [-0.15, -0.1) is 0 Å². The second-order valence-electron chi connectivity index (χ2n) is 7.23. The third-order valence-corrected chi connectivity index (χ3v) is 7.15. The normalized spacial score (nSPS) is 16.8. The Balaban J connectivity index is 1.57. The summed E-state index contributed by atoms with van der Waals surface area (Å²) in [6.45, 7) is 0.596. The number of carbonyl (C=O) groups is 2. The van der Waals surface area contributed by atoms with Crippen LogP contribution in [0.1, 0.15) is 31.2 Å². The number of nitrogens with one attached hydrogen (secondary N) is 2. The molecule has 1 heterocycles. The summed E-state index contributed by atoms with van der Waals surface area (Å²) in [5, 5.41) is 14.0. The van der Waals surface area contributed by atoms with Crippen molar-refractivity contribution in [3.05, 3.63) is 60.2 Å². The predicted octanol–water partition coefficient (Wildman–Crippen LogP) is 2.25. The molecule has 0 bridgehead atoms. The first-order valence-corrected chi connectivity index (χ1v) is 11.5. The number of rotatable bonds is 6. The van der Waals surface area contributed by atoms with Gasteiger partial charge in [-0.3, -0.25) is 9.59 Å². The molecular formula is C22H24N4O4S. The van der Waals surface area contributed by atoms with Crippen LogP contribution in [0.15, 0.2) is 59.5 Å². The molecule has 0 unspecified atom stereocenters. The maximum atomic E-state index is 13.0. The molecule has 31 heavy (non-hydrogen) atoms. The van der Waals surface area contributed by atoms with Crippen LogP contribution in [0.4, 0.5) is 5.69 Å². The molecule has 0 saturated carbocycles. The third-order valence-electron chi connectivity index (χ3n) is 5.19. The van der Waals surface area contributed by atoms with E-state index in [4.69, 9.17) is 5.26 Å². The number of benzene rings is 2. The maximum Gasteiger partial charge on any atom is 0.313 e. The Morgan fingerprint density at radius 1 is 1.03 bits per heavy atom. The number of piperidine rings is 1. The van der Waals surface area contributed by atoms with E-state index < -0.39 is 21.8 Å². The molecule has 2 aromatic carbocycles. The summed E-state index contributed by atoms with van der Waals surface area (Å²) in [6, 6.07) is 16.4. The van der Waals surface area contributed by atoms with Gasteiger partial charge in [0.1, 0.15) is 6.07 Å². The minimum Gasteiger partial charge on any atom is -0.348 e. The van der Waals surface area contributed by atoms with Crippen molar-refractivity contribution in [2.24, 2.45) is 0 Å². The first-order chi connectivity index (χ1) is 14.9. The summed E-state index contributed by atoms with van der Waals surface area (Å²) in [6.07, 6.45) is 2.80. The topological polar surface area (TPSA) is 119 Å². The molecule has 2 N–H and O–H groups in total. The van der Waals surface area contributed by atoms with Gasteiger partial charge in [-0.1, -0.05) is 36.8 Å². The number of para-hydroxylation sites is 1. The second kappa shape index (κ2) is 10.2. The predicted molar refractivity (Wildman–Crippen MR) is 115 cm³/mol. The zero-order chi connectivity index (χ0) is 22.3. The van der Waals surface area contributed by atoms with Crippen LogP contribution >= 0.6 is 0 Å². The molecule has 1 saturated heterocycles. The lowest BCUT2D eigenvalue weighted by molar-refractivity contribution is -0.136. The van der Waals surface area contributed by atoms with E-state index in [0.29, 0.717) is 19.4 Å². The molecule has 0 spiro atoms. The lowest BCUT2D eigenvalue weighted by atomic mass is 10.0. The fraction of sp³-hybridized carbons (Fsp3) is 0.318. The van der Waals surface area contributed by atoms with E-state index in [1.54, 1.807) is 48.5 Å². The highest BCUT2D eigenvalue weighted by Gasteiger charge is 2.33. The van der Waals surface area contributed by atoms with Crippen LogP contribution in [0.3, 0.4) is 0 Å². The SMILES string of the molecule is N#Cc1ccccc1NC(=O)C(=O)NCC[C@@H]1CCCCN1S(=O)(=O)c1ccccc1. The Morgan fingerprint density at radius 3 is 2.48 bits per heavy atom. The first-order valence-electron chi connectivity index (χ1n) is 10.1. The average molecular weight is 441 g/mol. The Kier molecular flexibility index (Phi) is 7.39. The first kappa shape index (κ1) is 22.5. The molecule has 9 heteroatoms. The summed E-state index contributed by atoms with van der Waals surface area (Å²) < 4.78 is 27.5. The van der Waals surface area contributed by atoms with E-state index >= 15 is 0 Å². The zero-order valence-corrected chi connectivity index (χ0v) is 17.8. The molecule has 0 aromatic heterocycles. The van der Waals surface area contributed by atoms with E-state index in [2.05, 4.69) is 10.6 Å². The van der Waals surface area contributed by atoms with Gasteiger partial charge in [-0.2, -0.15) is 9.57 Å². The number of hydrogen-bond donors (Lipinski definition) is 2. The van der Waals surface area contributed by atoms with Crippen LogP contribution < -0.4 is 10.6 Å². The smallest absolute Gasteiger partial charge is 0.313 e. The second-order valence-corrected chi connectivity index (χ2v) is 9.13. The number of carbonyl (C=O) groups excluding carboxylic acids is 2. The van der Waals surface area contributed by atoms with Crippen LogP contribution in [0.5, 0.6) is 0 Å². The van der Waals surface area contributed by atoms with Gasteiger partial charge in [0.15, 0.2) is 0 Å². The van der Waals surface area contributed by atoms with Crippen LogP contribution in [-0.4, -0.2) is 43.7 Å². The quantitative estimate of drug-likeness (QED) is 0.668. The summed E-state index contributed by atoms with van der Waals surface area (Å²) in [5.74, 6) is -1.71. The van der Waals surface area contributed by atoms with Crippen molar-refractivity contribution in [3.63, 3.8) is 0 Å². The monoisotopic (exact) mass is 440 g/mol. The summed E-state index contributed by atoms with van der Waals surface area (Å²) in [5.41, 5.74) is 0.519. The highest BCUT2D eigenvalue weighted by atomic mass is 32.2. The van der Waals surface area contributed by atoms with Crippen molar-refractivity contribution in [3.8, 4) is 6.07 Å². The van der Waals surface area contributed by atoms with Crippen LogP contribution in [0.2, 0.25) is 0 Å². The molecule has 0 radical (unpaired) electrons. The van der Waals surface area contributed by atoms with E-state index in [1.807, 2.05) is 6.07 Å². The Hall–Kier alpha value is -3.22. The van der Waals surface area contributed by atoms with Crippen LogP contribution in [0.25, 0.3) is 0 Å².